The van der Waals surface area contributed by atoms with Gasteiger partial charge in [0.25, 0.3) is 10.0 Å². The van der Waals surface area contributed by atoms with Crippen molar-refractivity contribution in [3.8, 4) is 0 Å². The zero-order chi connectivity index (χ0) is 12.2. The summed E-state index contributed by atoms with van der Waals surface area (Å²) in [5.74, 6) is -0.477. The highest BCUT2D eigenvalue weighted by molar-refractivity contribution is 7.89. The van der Waals surface area contributed by atoms with Gasteiger partial charge in [0.1, 0.15) is 0 Å². The molecule has 0 unspecified atom stereocenters. The predicted molar refractivity (Wildman–Crippen MR) is 57.7 cm³/mol. The van der Waals surface area contributed by atoms with Crippen LogP contribution in [0, 0.1) is 6.42 Å². The number of primary amides is 1. The molecule has 0 aliphatic carbocycles. The number of carbonyl (C=O) groups excluding carboxylic acids is 1. The van der Waals surface area contributed by atoms with Gasteiger partial charge in [-0.15, -0.1) is 0 Å². The van der Waals surface area contributed by atoms with Crippen LogP contribution in [0.3, 0.4) is 0 Å². The number of aromatic nitrogens is 1. The Bertz CT molecular complexity index is 485. The molecule has 1 rings (SSSR count). The Kier molecular flexibility index (Phi) is 3.97. The maximum Gasteiger partial charge on any atom is 0.257 e. The SMILES string of the molecule is CNS(=O)(=O)c1cc([CH]CC(N)=O)ccn1. The van der Waals surface area contributed by atoms with Crippen molar-refractivity contribution in [2.24, 2.45) is 5.73 Å². The lowest BCUT2D eigenvalue weighted by molar-refractivity contribution is -0.117. The quantitative estimate of drug-likeness (QED) is 0.720. The molecular weight excluding hydrogens is 230 g/mol. The molecule has 1 amide bonds. The number of hydrogen-bond donors (Lipinski definition) is 2. The molecule has 0 atom stereocenters. The van der Waals surface area contributed by atoms with Crippen molar-refractivity contribution in [2.75, 3.05) is 7.05 Å². The molecule has 7 heteroatoms. The van der Waals surface area contributed by atoms with Crippen molar-refractivity contribution in [3.05, 3.63) is 30.3 Å². The second-order valence-electron chi connectivity index (χ2n) is 3.01. The molecule has 1 aromatic rings. The molecule has 0 aromatic carbocycles. The van der Waals surface area contributed by atoms with Crippen LogP contribution in [0.15, 0.2) is 23.4 Å². The van der Waals surface area contributed by atoms with Crippen molar-refractivity contribution >= 4 is 15.9 Å². The minimum absolute atomic E-state index is 0.0586. The number of pyridine rings is 1. The van der Waals surface area contributed by atoms with E-state index >= 15 is 0 Å². The van der Waals surface area contributed by atoms with Gasteiger partial charge in [-0.3, -0.25) is 4.79 Å². The van der Waals surface area contributed by atoms with Gasteiger partial charge in [0.2, 0.25) is 5.91 Å². The van der Waals surface area contributed by atoms with Crippen LogP contribution < -0.4 is 10.5 Å². The van der Waals surface area contributed by atoms with E-state index in [9.17, 15) is 13.2 Å². The zero-order valence-corrected chi connectivity index (χ0v) is 9.49. The first-order valence-corrected chi connectivity index (χ1v) is 5.95. The number of nitrogens with zero attached hydrogens (tertiary/aromatic N) is 1. The van der Waals surface area contributed by atoms with E-state index in [1.54, 1.807) is 12.5 Å². The largest absolute Gasteiger partial charge is 0.370 e. The fourth-order valence-corrected chi connectivity index (χ4v) is 1.72. The van der Waals surface area contributed by atoms with Crippen molar-refractivity contribution in [1.29, 1.82) is 0 Å². The number of carbonyl (C=O) groups is 1. The first-order chi connectivity index (χ1) is 7.45. The summed E-state index contributed by atoms with van der Waals surface area (Å²) in [6.45, 7) is 0. The number of nitrogens with two attached hydrogens (primary N) is 1. The highest BCUT2D eigenvalue weighted by Gasteiger charge is 2.13. The number of sulfonamides is 1. The van der Waals surface area contributed by atoms with Gasteiger partial charge in [-0.25, -0.2) is 18.1 Å². The average molecular weight is 242 g/mol. The molecule has 3 N–H and O–H groups in total. The summed E-state index contributed by atoms with van der Waals surface area (Å²) in [6.07, 6.45) is 2.96. The Labute approximate surface area is 93.9 Å². The average Bonchev–Trinajstić information content (AvgIpc) is 2.27. The summed E-state index contributed by atoms with van der Waals surface area (Å²) < 4.78 is 25.0. The number of rotatable bonds is 5. The summed E-state index contributed by atoms with van der Waals surface area (Å²) >= 11 is 0. The van der Waals surface area contributed by atoms with Crippen LogP contribution in [0.5, 0.6) is 0 Å². The molecule has 0 aliphatic heterocycles. The van der Waals surface area contributed by atoms with E-state index in [0.29, 0.717) is 5.56 Å². The normalized spacial score (nSPS) is 11.3. The molecular formula is C9H12N3O3S. The standard InChI is InChI=1S/C9H12N3O3S/c1-11-16(14,15)9-6-7(4-5-12-9)2-3-8(10)13/h2,4-6,11H,3H2,1H3,(H2,10,13). The fourth-order valence-electron chi connectivity index (χ4n) is 1.02. The van der Waals surface area contributed by atoms with Crippen LogP contribution in [-0.4, -0.2) is 26.4 Å². The topological polar surface area (TPSA) is 102 Å². The third-order valence-electron chi connectivity index (χ3n) is 1.84. The Morgan fingerprint density at radius 2 is 2.31 bits per heavy atom. The maximum absolute atomic E-state index is 11.4. The maximum atomic E-state index is 11.4. The Balaban J connectivity index is 2.91. The fraction of sp³-hybridized carbons (Fsp3) is 0.222. The minimum atomic E-state index is -3.56. The van der Waals surface area contributed by atoms with Gasteiger partial charge >= 0.3 is 0 Å². The number of hydrogen-bond acceptors (Lipinski definition) is 4. The number of amides is 1. The van der Waals surface area contributed by atoms with Gasteiger partial charge in [-0.1, -0.05) is 0 Å². The molecule has 1 radical (unpaired) electrons. The van der Waals surface area contributed by atoms with Gasteiger partial charge in [-0.2, -0.15) is 0 Å². The molecule has 0 bridgehead atoms. The molecule has 0 fully saturated rings. The Morgan fingerprint density at radius 3 is 2.88 bits per heavy atom. The van der Waals surface area contributed by atoms with Crippen LogP contribution in [0.25, 0.3) is 0 Å². The van der Waals surface area contributed by atoms with Crippen molar-refractivity contribution in [3.63, 3.8) is 0 Å². The lowest BCUT2D eigenvalue weighted by Gasteiger charge is -2.03. The van der Waals surface area contributed by atoms with Gasteiger partial charge in [0.15, 0.2) is 5.03 Å². The zero-order valence-electron chi connectivity index (χ0n) is 8.67. The Morgan fingerprint density at radius 1 is 1.62 bits per heavy atom. The van der Waals surface area contributed by atoms with E-state index < -0.39 is 15.9 Å². The van der Waals surface area contributed by atoms with Crippen molar-refractivity contribution < 1.29 is 13.2 Å². The highest BCUT2D eigenvalue weighted by Crippen LogP contribution is 2.10. The molecule has 1 aromatic heterocycles. The molecule has 1 heterocycles. The van der Waals surface area contributed by atoms with Crippen LogP contribution in [0.1, 0.15) is 12.0 Å². The first kappa shape index (κ1) is 12.6. The molecule has 6 nitrogen and oxygen atoms in total. The molecule has 0 aliphatic rings. The van der Waals surface area contributed by atoms with E-state index in [2.05, 4.69) is 9.71 Å². The predicted octanol–water partition coefficient (Wildman–Crippen LogP) is -0.583. The second kappa shape index (κ2) is 5.04. The molecule has 16 heavy (non-hydrogen) atoms. The van der Waals surface area contributed by atoms with E-state index in [-0.39, 0.29) is 11.4 Å². The molecule has 87 valence electrons. The third kappa shape index (κ3) is 3.28. The van der Waals surface area contributed by atoms with Crippen molar-refractivity contribution in [2.45, 2.75) is 11.4 Å². The highest BCUT2D eigenvalue weighted by atomic mass is 32.2. The molecule has 0 spiro atoms. The van der Waals surface area contributed by atoms with Crippen LogP contribution in [-0.2, 0) is 14.8 Å². The van der Waals surface area contributed by atoms with Crippen LogP contribution in [0.4, 0.5) is 0 Å². The minimum Gasteiger partial charge on any atom is -0.370 e. The van der Waals surface area contributed by atoms with Crippen molar-refractivity contribution in [1.82, 2.24) is 9.71 Å². The first-order valence-electron chi connectivity index (χ1n) is 4.47. The monoisotopic (exact) mass is 242 g/mol. The molecule has 0 saturated carbocycles. The summed E-state index contributed by atoms with van der Waals surface area (Å²) in [5, 5.41) is -0.0896. The van der Waals surface area contributed by atoms with E-state index in [4.69, 9.17) is 5.73 Å². The molecule has 0 saturated heterocycles. The third-order valence-corrected chi connectivity index (χ3v) is 3.15. The second-order valence-corrected chi connectivity index (χ2v) is 4.84. The van der Waals surface area contributed by atoms with Gasteiger partial charge in [0.05, 0.1) is 0 Å². The van der Waals surface area contributed by atoms with Gasteiger partial charge in [-0.05, 0) is 24.7 Å². The summed E-state index contributed by atoms with van der Waals surface area (Å²) in [4.78, 5) is 14.3. The smallest absolute Gasteiger partial charge is 0.257 e. The van der Waals surface area contributed by atoms with E-state index in [1.807, 2.05) is 0 Å². The number of nitrogens with one attached hydrogen (secondary N) is 1. The summed E-state index contributed by atoms with van der Waals surface area (Å²) in [7, 11) is -2.25. The Hall–Kier alpha value is -1.47. The summed E-state index contributed by atoms with van der Waals surface area (Å²) in [6, 6.07) is 2.96. The van der Waals surface area contributed by atoms with E-state index in [0.717, 1.165) is 0 Å². The van der Waals surface area contributed by atoms with Crippen LogP contribution >= 0.6 is 0 Å². The van der Waals surface area contributed by atoms with Crippen LogP contribution in [0.2, 0.25) is 0 Å². The van der Waals surface area contributed by atoms with Gasteiger partial charge in [0, 0.05) is 19.0 Å². The van der Waals surface area contributed by atoms with Gasteiger partial charge < -0.3 is 5.73 Å². The lowest BCUT2D eigenvalue weighted by atomic mass is 10.1. The lowest BCUT2D eigenvalue weighted by Crippen LogP contribution is -2.20. The summed E-state index contributed by atoms with van der Waals surface area (Å²) in [5.41, 5.74) is 5.56. The van der Waals surface area contributed by atoms with E-state index in [1.165, 1.54) is 19.3 Å².